The predicted molar refractivity (Wildman–Crippen MR) is 71.2 cm³/mol. The lowest BCUT2D eigenvalue weighted by Crippen LogP contribution is -2.23. The fourth-order valence-corrected chi connectivity index (χ4v) is 2.62. The number of Topliss-reactive ketones (excluding diaryl/α,β-unsaturated/α-hetero) is 1. The first-order valence-electron chi connectivity index (χ1n) is 6.27. The minimum atomic E-state index is -0.444. The van der Waals surface area contributed by atoms with E-state index in [2.05, 4.69) is 15.9 Å². The molecule has 0 aromatic heterocycles. The standard InChI is InChI=1S/C14H16BrFO2/c15-11-6-7-14(12(16)8-11)18-9-13(17)10-4-2-1-3-5-10/h6-8,10H,1-5,9H2. The van der Waals surface area contributed by atoms with Crippen LogP contribution in [0.3, 0.4) is 0 Å². The van der Waals surface area contributed by atoms with Gasteiger partial charge in [-0.2, -0.15) is 0 Å². The summed E-state index contributed by atoms with van der Waals surface area (Å²) in [5.41, 5.74) is 0. The Morgan fingerprint density at radius 2 is 2.06 bits per heavy atom. The smallest absolute Gasteiger partial charge is 0.173 e. The molecule has 0 amide bonds. The van der Waals surface area contributed by atoms with Crippen LogP contribution in [0.25, 0.3) is 0 Å². The van der Waals surface area contributed by atoms with Gasteiger partial charge in [-0.3, -0.25) is 4.79 Å². The first kappa shape index (κ1) is 13.5. The van der Waals surface area contributed by atoms with Crippen LogP contribution in [-0.2, 0) is 4.79 Å². The van der Waals surface area contributed by atoms with E-state index in [1.807, 2.05) is 0 Å². The molecule has 2 nitrogen and oxygen atoms in total. The van der Waals surface area contributed by atoms with Gasteiger partial charge in [-0.15, -0.1) is 0 Å². The Bertz CT molecular complexity index is 428. The van der Waals surface area contributed by atoms with Crippen molar-refractivity contribution >= 4 is 21.7 Å². The van der Waals surface area contributed by atoms with Crippen molar-refractivity contribution in [3.8, 4) is 5.75 Å². The van der Waals surface area contributed by atoms with E-state index in [4.69, 9.17) is 4.74 Å². The largest absolute Gasteiger partial charge is 0.483 e. The zero-order chi connectivity index (χ0) is 13.0. The molecule has 0 aliphatic heterocycles. The lowest BCUT2D eigenvalue weighted by molar-refractivity contribution is -0.125. The van der Waals surface area contributed by atoms with E-state index in [1.165, 1.54) is 18.6 Å². The molecule has 98 valence electrons. The molecule has 1 fully saturated rings. The molecule has 0 unspecified atom stereocenters. The van der Waals surface area contributed by atoms with Crippen LogP contribution in [0.1, 0.15) is 32.1 Å². The normalized spacial score (nSPS) is 16.6. The summed E-state index contributed by atoms with van der Waals surface area (Å²) in [5.74, 6) is -0.0996. The van der Waals surface area contributed by atoms with Crippen molar-refractivity contribution in [2.75, 3.05) is 6.61 Å². The summed E-state index contributed by atoms with van der Waals surface area (Å²) < 4.78 is 19.4. The van der Waals surface area contributed by atoms with Crippen LogP contribution in [0.4, 0.5) is 4.39 Å². The van der Waals surface area contributed by atoms with Gasteiger partial charge in [-0.25, -0.2) is 4.39 Å². The number of carbonyl (C=O) groups is 1. The SMILES string of the molecule is O=C(COc1ccc(Br)cc1F)C1CCCCC1. The van der Waals surface area contributed by atoms with Gasteiger partial charge in [0.1, 0.15) is 6.61 Å². The molecule has 1 aliphatic rings. The van der Waals surface area contributed by atoms with Crippen molar-refractivity contribution < 1.29 is 13.9 Å². The Balaban J connectivity index is 1.88. The summed E-state index contributed by atoms with van der Waals surface area (Å²) in [5, 5.41) is 0. The monoisotopic (exact) mass is 314 g/mol. The van der Waals surface area contributed by atoms with Crippen LogP contribution in [0.15, 0.2) is 22.7 Å². The van der Waals surface area contributed by atoms with E-state index in [0.29, 0.717) is 4.47 Å². The van der Waals surface area contributed by atoms with E-state index >= 15 is 0 Å². The number of ketones is 1. The predicted octanol–water partition coefficient (Wildman–Crippen LogP) is 4.12. The molecule has 0 N–H and O–H groups in total. The Kier molecular flexibility index (Phi) is 4.75. The summed E-state index contributed by atoms with van der Waals surface area (Å²) in [6.07, 6.45) is 5.34. The highest BCUT2D eigenvalue weighted by Crippen LogP contribution is 2.25. The molecule has 1 aliphatic carbocycles. The van der Waals surface area contributed by atoms with Crippen LogP contribution in [0, 0.1) is 11.7 Å². The lowest BCUT2D eigenvalue weighted by atomic mass is 9.86. The van der Waals surface area contributed by atoms with Gasteiger partial charge in [0.2, 0.25) is 0 Å². The Morgan fingerprint density at radius 3 is 2.72 bits per heavy atom. The number of ether oxygens (including phenoxy) is 1. The molecule has 1 saturated carbocycles. The van der Waals surface area contributed by atoms with Crippen molar-refractivity contribution in [3.63, 3.8) is 0 Å². The molecule has 18 heavy (non-hydrogen) atoms. The molecule has 0 saturated heterocycles. The van der Waals surface area contributed by atoms with Crippen molar-refractivity contribution in [1.29, 1.82) is 0 Å². The van der Waals surface area contributed by atoms with Crippen LogP contribution in [-0.4, -0.2) is 12.4 Å². The molecule has 4 heteroatoms. The lowest BCUT2D eigenvalue weighted by Gasteiger charge is -2.20. The second-order valence-corrected chi connectivity index (χ2v) is 5.58. The first-order chi connectivity index (χ1) is 8.66. The third kappa shape index (κ3) is 3.55. The summed E-state index contributed by atoms with van der Waals surface area (Å²) >= 11 is 3.18. The number of rotatable bonds is 4. The third-order valence-corrected chi connectivity index (χ3v) is 3.82. The second kappa shape index (κ2) is 6.32. The van der Waals surface area contributed by atoms with Crippen molar-refractivity contribution in [2.45, 2.75) is 32.1 Å². The second-order valence-electron chi connectivity index (χ2n) is 4.66. The summed E-state index contributed by atoms with van der Waals surface area (Å²) in [4.78, 5) is 11.9. The molecule has 0 spiro atoms. The zero-order valence-corrected chi connectivity index (χ0v) is 11.7. The third-order valence-electron chi connectivity index (χ3n) is 3.32. The van der Waals surface area contributed by atoms with Crippen LogP contribution < -0.4 is 4.74 Å². The minimum absolute atomic E-state index is 0.0246. The molecule has 0 radical (unpaired) electrons. The summed E-state index contributed by atoms with van der Waals surface area (Å²) in [6.45, 7) is -0.0246. The quantitative estimate of drug-likeness (QED) is 0.835. The van der Waals surface area contributed by atoms with Gasteiger partial charge in [0.15, 0.2) is 17.3 Å². The minimum Gasteiger partial charge on any atom is -0.483 e. The Labute approximate surface area is 115 Å². The fourth-order valence-electron chi connectivity index (χ4n) is 2.28. The average molecular weight is 315 g/mol. The topological polar surface area (TPSA) is 26.3 Å². The number of hydrogen-bond acceptors (Lipinski definition) is 2. The van der Waals surface area contributed by atoms with Gasteiger partial charge in [0, 0.05) is 10.4 Å². The molecule has 0 heterocycles. The number of halogens is 2. The van der Waals surface area contributed by atoms with Crippen LogP contribution in [0.5, 0.6) is 5.75 Å². The van der Waals surface area contributed by atoms with E-state index in [9.17, 15) is 9.18 Å². The van der Waals surface area contributed by atoms with Gasteiger partial charge in [-0.05, 0) is 31.0 Å². The maximum atomic E-state index is 13.5. The summed E-state index contributed by atoms with van der Waals surface area (Å²) in [6, 6.07) is 4.57. The van der Waals surface area contributed by atoms with E-state index in [1.54, 1.807) is 6.07 Å². The van der Waals surface area contributed by atoms with Gasteiger partial charge in [-0.1, -0.05) is 35.2 Å². The molecular formula is C14H16BrFO2. The summed E-state index contributed by atoms with van der Waals surface area (Å²) in [7, 11) is 0. The van der Waals surface area contributed by atoms with E-state index in [0.717, 1.165) is 25.7 Å². The molecule has 2 rings (SSSR count). The highest BCUT2D eigenvalue weighted by Gasteiger charge is 2.21. The number of hydrogen-bond donors (Lipinski definition) is 0. The van der Waals surface area contributed by atoms with Crippen molar-refractivity contribution in [2.24, 2.45) is 5.92 Å². The van der Waals surface area contributed by atoms with Crippen LogP contribution in [0.2, 0.25) is 0 Å². The molecule has 1 aromatic carbocycles. The van der Waals surface area contributed by atoms with Crippen LogP contribution >= 0.6 is 15.9 Å². The van der Waals surface area contributed by atoms with Crippen molar-refractivity contribution in [3.05, 3.63) is 28.5 Å². The van der Waals surface area contributed by atoms with Gasteiger partial charge in [0.05, 0.1) is 0 Å². The maximum Gasteiger partial charge on any atom is 0.173 e. The van der Waals surface area contributed by atoms with Crippen molar-refractivity contribution in [1.82, 2.24) is 0 Å². The van der Waals surface area contributed by atoms with Gasteiger partial charge in [0.25, 0.3) is 0 Å². The Hall–Kier alpha value is -0.900. The van der Waals surface area contributed by atoms with E-state index in [-0.39, 0.29) is 24.1 Å². The van der Waals surface area contributed by atoms with Gasteiger partial charge >= 0.3 is 0 Å². The Morgan fingerprint density at radius 1 is 1.33 bits per heavy atom. The highest BCUT2D eigenvalue weighted by molar-refractivity contribution is 9.10. The molecular weight excluding hydrogens is 299 g/mol. The molecule has 0 bridgehead atoms. The van der Waals surface area contributed by atoms with Gasteiger partial charge < -0.3 is 4.74 Å². The number of benzene rings is 1. The fraction of sp³-hybridized carbons (Fsp3) is 0.500. The van der Waals surface area contributed by atoms with E-state index < -0.39 is 5.82 Å². The maximum absolute atomic E-state index is 13.5. The molecule has 0 atom stereocenters. The highest BCUT2D eigenvalue weighted by atomic mass is 79.9. The molecule has 1 aromatic rings. The average Bonchev–Trinajstić information content (AvgIpc) is 2.38. The zero-order valence-electron chi connectivity index (χ0n) is 10.1. The first-order valence-corrected chi connectivity index (χ1v) is 7.06. The number of carbonyl (C=O) groups excluding carboxylic acids is 1.